The molecule has 20 heavy (non-hydrogen) atoms. The Hall–Kier alpha value is -0.120. The normalized spacial score (nSPS) is 24.0. The minimum atomic E-state index is 0.771. The van der Waals surface area contributed by atoms with Gasteiger partial charge in [0.05, 0.1) is 0 Å². The predicted molar refractivity (Wildman–Crippen MR) is 89.3 cm³/mol. The summed E-state index contributed by atoms with van der Waals surface area (Å²) in [6.45, 7) is 11.8. The molecule has 0 spiro atoms. The second-order valence-corrected chi connectivity index (χ2v) is 7.15. The monoisotopic (exact) mass is 283 g/mol. The SMILES string of the molecule is CCCNC1CCC(N(CCN(C)C)CC(C)C)CC1. The van der Waals surface area contributed by atoms with E-state index in [2.05, 4.69) is 50.0 Å². The fourth-order valence-corrected chi connectivity index (χ4v) is 3.21. The van der Waals surface area contributed by atoms with Crippen LogP contribution in [0.5, 0.6) is 0 Å². The molecule has 0 atom stereocenters. The Bertz CT molecular complexity index is 232. The van der Waals surface area contributed by atoms with E-state index in [9.17, 15) is 0 Å². The summed E-state index contributed by atoms with van der Waals surface area (Å²) in [6.07, 6.45) is 6.73. The topological polar surface area (TPSA) is 18.5 Å². The van der Waals surface area contributed by atoms with Crippen LogP contribution in [0.15, 0.2) is 0 Å². The van der Waals surface area contributed by atoms with Crippen molar-refractivity contribution in [1.29, 1.82) is 0 Å². The summed E-state index contributed by atoms with van der Waals surface area (Å²) in [5.74, 6) is 0.771. The van der Waals surface area contributed by atoms with Crippen molar-refractivity contribution in [3.05, 3.63) is 0 Å². The second kappa shape index (κ2) is 9.75. The van der Waals surface area contributed by atoms with E-state index in [1.807, 2.05) is 0 Å². The molecule has 0 heterocycles. The lowest BCUT2D eigenvalue weighted by Gasteiger charge is -2.38. The number of hydrogen-bond acceptors (Lipinski definition) is 3. The van der Waals surface area contributed by atoms with Crippen LogP contribution >= 0.6 is 0 Å². The van der Waals surface area contributed by atoms with Crippen LogP contribution in [0.25, 0.3) is 0 Å². The maximum absolute atomic E-state index is 3.69. The van der Waals surface area contributed by atoms with Gasteiger partial charge in [-0.3, -0.25) is 4.90 Å². The number of rotatable bonds is 9. The summed E-state index contributed by atoms with van der Waals surface area (Å²) in [6, 6.07) is 1.60. The summed E-state index contributed by atoms with van der Waals surface area (Å²) in [5, 5.41) is 3.69. The molecule has 120 valence electrons. The summed E-state index contributed by atoms with van der Waals surface area (Å²) in [4.78, 5) is 5.06. The van der Waals surface area contributed by atoms with E-state index in [0.29, 0.717) is 0 Å². The predicted octanol–water partition coefficient (Wildman–Crippen LogP) is 2.82. The van der Waals surface area contributed by atoms with Gasteiger partial charge in [-0.25, -0.2) is 0 Å². The fraction of sp³-hybridized carbons (Fsp3) is 1.00. The van der Waals surface area contributed by atoms with Gasteiger partial charge in [0.25, 0.3) is 0 Å². The zero-order valence-corrected chi connectivity index (χ0v) is 14.5. The Kier molecular flexibility index (Phi) is 8.74. The Morgan fingerprint density at radius 2 is 1.70 bits per heavy atom. The van der Waals surface area contributed by atoms with Crippen LogP contribution in [0.2, 0.25) is 0 Å². The molecule has 1 rings (SSSR count). The van der Waals surface area contributed by atoms with Crippen molar-refractivity contribution in [3.8, 4) is 0 Å². The molecule has 0 aliphatic heterocycles. The van der Waals surface area contributed by atoms with Gasteiger partial charge >= 0.3 is 0 Å². The van der Waals surface area contributed by atoms with Crippen LogP contribution in [-0.2, 0) is 0 Å². The lowest BCUT2D eigenvalue weighted by Crippen LogP contribution is -2.46. The molecular formula is C17H37N3. The van der Waals surface area contributed by atoms with Gasteiger partial charge in [-0.05, 0) is 58.7 Å². The molecule has 0 amide bonds. The Morgan fingerprint density at radius 3 is 2.20 bits per heavy atom. The molecule has 1 N–H and O–H groups in total. The zero-order valence-electron chi connectivity index (χ0n) is 14.5. The number of hydrogen-bond donors (Lipinski definition) is 1. The van der Waals surface area contributed by atoms with Gasteiger partial charge in [0.2, 0.25) is 0 Å². The molecule has 0 saturated heterocycles. The van der Waals surface area contributed by atoms with Gasteiger partial charge < -0.3 is 10.2 Å². The summed E-state index contributed by atoms with van der Waals surface area (Å²) < 4.78 is 0. The molecule has 3 heteroatoms. The highest BCUT2D eigenvalue weighted by atomic mass is 15.2. The lowest BCUT2D eigenvalue weighted by molar-refractivity contribution is 0.120. The van der Waals surface area contributed by atoms with Crippen LogP contribution in [0.3, 0.4) is 0 Å². The molecule has 1 saturated carbocycles. The molecule has 0 aromatic heterocycles. The molecule has 1 aliphatic rings. The van der Waals surface area contributed by atoms with E-state index >= 15 is 0 Å². The third kappa shape index (κ3) is 7.05. The highest BCUT2D eigenvalue weighted by molar-refractivity contribution is 4.83. The zero-order chi connectivity index (χ0) is 15.0. The summed E-state index contributed by atoms with van der Waals surface area (Å²) in [7, 11) is 4.36. The lowest BCUT2D eigenvalue weighted by atomic mass is 9.89. The summed E-state index contributed by atoms with van der Waals surface area (Å²) >= 11 is 0. The van der Waals surface area contributed by atoms with Crippen molar-refractivity contribution >= 4 is 0 Å². The van der Waals surface area contributed by atoms with Crippen LogP contribution in [0.1, 0.15) is 52.9 Å². The third-order valence-electron chi connectivity index (χ3n) is 4.33. The molecule has 0 aromatic rings. The van der Waals surface area contributed by atoms with Crippen molar-refractivity contribution in [2.24, 2.45) is 5.92 Å². The van der Waals surface area contributed by atoms with E-state index in [4.69, 9.17) is 0 Å². The Morgan fingerprint density at radius 1 is 1.05 bits per heavy atom. The van der Waals surface area contributed by atoms with E-state index < -0.39 is 0 Å². The van der Waals surface area contributed by atoms with Gasteiger partial charge in [0.15, 0.2) is 0 Å². The summed E-state index contributed by atoms with van der Waals surface area (Å²) in [5.41, 5.74) is 0. The van der Waals surface area contributed by atoms with Crippen LogP contribution in [0, 0.1) is 5.92 Å². The number of nitrogens with zero attached hydrogens (tertiary/aromatic N) is 2. The quantitative estimate of drug-likeness (QED) is 0.702. The molecule has 0 bridgehead atoms. The van der Waals surface area contributed by atoms with Crippen LogP contribution in [0.4, 0.5) is 0 Å². The van der Waals surface area contributed by atoms with Gasteiger partial charge in [0, 0.05) is 31.7 Å². The largest absolute Gasteiger partial charge is 0.314 e. The van der Waals surface area contributed by atoms with Crippen molar-refractivity contribution in [2.75, 3.05) is 40.3 Å². The first kappa shape index (κ1) is 17.9. The van der Waals surface area contributed by atoms with E-state index in [1.165, 1.54) is 58.3 Å². The fourth-order valence-electron chi connectivity index (χ4n) is 3.21. The highest BCUT2D eigenvalue weighted by Gasteiger charge is 2.25. The minimum Gasteiger partial charge on any atom is -0.314 e. The molecule has 3 nitrogen and oxygen atoms in total. The van der Waals surface area contributed by atoms with Crippen LogP contribution < -0.4 is 5.32 Å². The van der Waals surface area contributed by atoms with Gasteiger partial charge in [-0.2, -0.15) is 0 Å². The van der Waals surface area contributed by atoms with Crippen molar-refractivity contribution < 1.29 is 0 Å². The highest BCUT2D eigenvalue weighted by Crippen LogP contribution is 2.24. The smallest absolute Gasteiger partial charge is 0.0112 e. The standard InChI is InChI=1S/C17H37N3/c1-6-11-18-16-7-9-17(10-8-16)20(14-15(2)3)13-12-19(4)5/h15-18H,6-14H2,1-5H3. The van der Waals surface area contributed by atoms with E-state index in [0.717, 1.165) is 18.0 Å². The van der Waals surface area contributed by atoms with Gasteiger partial charge in [-0.15, -0.1) is 0 Å². The van der Waals surface area contributed by atoms with Crippen molar-refractivity contribution in [1.82, 2.24) is 15.1 Å². The first-order chi connectivity index (χ1) is 9.52. The maximum atomic E-state index is 3.69. The molecule has 0 aromatic carbocycles. The van der Waals surface area contributed by atoms with Crippen molar-refractivity contribution in [3.63, 3.8) is 0 Å². The van der Waals surface area contributed by atoms with Crippen LogP contribution in [-0.4, -0.2) is 62.2 Å². The van der Waals surface area contributed by atoms with Gasteiger partial charge in [0.1, 0.15) is 0 Å². The first-order valence-corrected chi connectivity index (χ1v) is 8.65. The number of likely N-dealkylation sites (N-methyl/N-ethyl adjacent to an activating group) is 1. The average molecular weight is 284 g/mol. The Balaban J connectivity index is 2.39. The molecule has 1 aliphatic carbocycles. The van der Waals surface area contributed by atoms with Gasteiger partial charge in [-0.1, -0.05) is 20.8 Å². The average Bonchev–Trinajstić information content (AvgIpc) is 2.41. The van der Waals surface area contributed by atoms with Crippen molar-refractivity contribution in [2.45, 2.75) is 65.0 Å². The maximum Gasteiger partial charge on any atom is 0.0112 e. The number of nitrogens with one attached hydrogen (secondary N) is 1. The minimum absolute atomic E-state index is 0.771. The first-order valence-electron chi connectivity index (χ1n) is 8.65. The van der Waals surface area contributed by atoms with E-state index in [1.54, 1.807) is 0 Å². The third-order valence-corrected chi connectivity index (χ3v) is 4.33. The molecule has 1 fully saturated rings. The Labute approximate surface area is 127 Å². The molecule has 0 unspecified atom stereocenters. The second-order valence-electron chi connectivity index (χ2n) is 7.15. The molecule has 0 radical (unpaired) electrons. The van der Waals surface area contributed by atoms with E-state index in [-0.39, 0.29) is 0 Å². The molecular weight excluding hydrogens is 246 g/mol.